The summed E-state index contributed by atoms with van der Waals surface area (Å²) in [4.78, 5) is 21.8. The Hall–Kier alpha value is -3.61. The van der Waals surface area contributed by atoms with Gasteiger partial charge in [0.15, 0.2) is 0 Å². The summed E-state index contributed by atoms with van der Waals surface area (Å²) < 4.78 is 1.81. The van der Waals surface area contributed by atoms with Crippen molar-refractivity contribution in [2.45, 2.75) is 13.0 Å². The average Bonchev–Trinajstić information content (AvgIpc) is 3.35. The molecule has 0 fully saturated rings. The van der Waals surface area contributed by atoms with E-state index >= 15 is 0 Å². The normalized spacial score (nSPS) is 10.9. The zero-order valence-corrected chi connectivity index (χ0v) is 15.7. The van der Waals surface area contributed by atoms with Crippen molar-refractivity contribution in [1.29, 1.82) is 0 Å². The maximum atomic E-state index is 12.3. The Balaban J connectivity index is 1.28. The van der Waals surface area contributed by atoms with Gasteiger partial charge in [0.05, 0.1) is 29.5 Å². The first kappa shape index (κ1) is 17.8. The van der Waals surface area contributed by atoms with Crippen LogP contribution in [0.25, 0.3) is 16.7 Å². The number of H-pyrrole nitrogens is 1. The highest BCUT2D eigenvalue weighted by Gasteiger charge is 2.11. The minimum absolute atomic E-state index is 0.122. The van der Waals surface area contributed by atoms with Crippen molar-refractivity contribution in [3.8, 4) is 5.69 Å². The molecule has 0 spiro atoms. The zero-order valence-electron chi connectivity index (χ0n) is 15.7. The monoisotopic (exact) mass is 374 g/mol. The second kappa shape index (κ2) is 7.96. The van der Waals surface area contributed by atoms with Crippen molar-refractivity contribution >= 4 is 17.1 Å². The SMILES string of the molecule is CN(Cc1cnn(-c2ccccc2)c1)C(=O)NCCc1nc2ccccc2[nH]1. The highest BCUT2D eigenvalue weighted by Crippen LogP contribution is 2.11. The third-order valence-corrected chi connectivity index (χ3v) is 4.50. The number of nitrogens with zero attached hydrogens (tertiary/aromatic N) is 4. The first-order chi connectivity index (χ1) is 13.7. The predicted molar refractivity (Wildman–Crippen MR) is 108 cm³/mol. The van der Waals surface area contributed by atoms with Crippen molar-refractivity contribution < 1.29 is 4.79 Å². The van der Waals surface area contributed by atoms with Crippen molar-refractivity contribution in [1.82, 2.24) is 30.0 Å². The number of para-hydroxylation sites is 3. The summed E-state index contributed by atoms with van der Waals surface area (Å²) in [7, 11) is 1.77. The Bertz CT molecular complexity index is 1040. The highest BCUT2D eigenvalue weighted by molar-refractivity contribution is 5.75. The number of hydrogen-bond donors (Lipinski definition) is 2. The van der Waals surface area contributed by atoms with Gasteiger partial charge in [-0.3, -0.25) is 0 Å². The number of rotatable bonds is 6. The summed E-state index contributed by atoms with van der Waals surface area (Å²) in [5.74, 6) is 0.869. The molecule has 4 rings (SSSR count). The van der Waals surface area contributed by atoms with E-state index in [0.29, 0.717) is 19.5 Å². The third-order valence-electron chi connectivity index (χ3n) is 4.50. The van der Waals surface area contributed by atoms with Crippen LogP contribution in [0, 0.1) is 0 Å². The molecule has 0 radical (unpaired) electrons. The van der Waals surface area contributed by atoms with E-state index in [1.165, 1.54) is 0 Å². The van der Waals surface area contributed by atoms with E-state index < -0.39 is 0 Å². The molecule has 2 N–H and O–H groups in total. The number of imidazole rings is 1. The number of carbonyl (C=O) groups excluding carboxylic acids is 1. The Kier molecular flexibility index (Phi) is 5.05. The van der Waals surface area contributed by atoms with Crippen LogP contribution in [0.2, 0.25) is 0 Å². The van der Waals surface area contributed by atoms with E-state index in [9.17, 15) is 4.79 Å². The summed E-state index contributed by atoms with van der Waals surface area (Å²) in [6.07, 6.45) is 4.37. The van der Waals surface area contributed by atoms with Gasteiger partial charge in [0.2, 0.25) is 0 Å². The molecule has 2 aromatic carbocycles. The van der Waals surface area contributed by atoms with Crippen LogP contribution in [0.15, 0.2) is 67.0 Å². The summed E-state index contributed by atoms with van der Waals surface area (Å²) in [6, 6.07) is 17.7. The van der Waals surface area contributed by atoms with Gasteiger partial charge < -0.3 is 15.2 Å². The van der Waals surface area contributed by atoms with Crippen LogP contribution < -0.4 is 5.32 Å². The van der Waals surface area contributed by atoms with Gasteiger partial charge in [-0.25, -0.2) is 14.5 Å². The summed E-state index contributed by atoms with van der Waals surface area (Å²) in [5.41, 5.74) is 3.92. The highest BCUT2D eigenvalue weighted by atomic mass is 16.2. The molecular weight excluding hydrogens is 352 g/mol. The summed E-state index contributed by atoms with van der Waals surface area (Å²) in [5, 5.41) is 7.30. The lowest BCUT2D eigenvalue weighted by molar-refractivity contribution is 0.207. The van der Waals surface area contributed by atoms with Crippen molar-refractivity contribution in [3.63, 3.8) is 0 Å². The molecule has 2 aromatic heterocycles. The standard InChI is InChI=1S/C21H22N6O/c1-26(14-16-13-23-27(15-16)17-7-3-2-4-8-17)21(28)22-12-11-20-24-18-9-5-6-10-19(18)25-20/h2-10,13,15H,11-12,14H2,1H3,(H,22,28)(H,24,25). The molecule has 0 aliphatic heterocycles. The Labute approximate surface area is 163 Å². The van der Waals surface area contributed by atoms with E-state index in [1.807, 2.05) is 65.5 Å². The first-order valence-electron chi connectivity index (χ1n) is 9.20. The molecule has 0 aliphatic carbocycles. The van der Waals surface area contributed by atoms with Crippen LogP contribution in [-0.2, 0) is 13.0 Å². The lowest BCUT2D eigenvalue weighted by Gasteiger charge is -2.16. The van der Waals surface area contributed by atoms with Crippen LogP contribution in [0.1, 0.15) is 11.4 Å². The van der Waals surface area contributed by atoms with Gasteiger partial charge in [-0.15, -0.1) is 0 Å². The molecule has 7 heteroatoms. The van der Waals surface area contributed by atoms with Crippen LogP contribution in [0.3, 0.4) is 0 Å². The van der Waals surface area contributed by atoms with Crippen LogP contribution in [0.4, 0.5) is 4.79 Å². The quantitative estimate of drug-likeness (QED) is 0.544. The fourth-order valence-electron chi connectivity index (χ4n) is 3.06. The predicted octanol–water partition coefficient (Wildman–Crippen LogP) is 3.13. The first-order valence-corrected chi connectivity index (χ1v) is 9.20. The maximum Gasteiger partial charge on any atom is 0.317 e. The van der Waals surface area contributed by atoms with Gasteiger partial charge in [0.1, 0.15) is 5.82 Å². The Morgan fingerprint density at radius 1 is 1.14 bits per heavy atom. The van der Waals surface area contributed by atoms with Gasteiger partial charge in [0, 0.05) is 31.8 Å². The van der Waals surface area contributed by atoms with Crippen LogP contribution in [-0.4, -0.2) is 44.3 Å². The largest absolute Gasteiger partial charge is 0.342 e. The molecule has 0 unspecified atom stereocenters. The lowest BCUT2D eigenvalue weighted by Crippen LogP contribution is -2.37. The smallest absolute Gasteiger partial charge is 0.317 e. The molecule has 142 valence electrons. The van der Waals surface area contributed by atoms with Gasteiger partial charge in [-0.05, 0) is 24.3 Å². The van der Waals surface area contributed by atoms with E-state index in [2.05, 4.69) is 20.4 Å². The number of aromatic amines is 1. The molecule has 0 bridgehead atoms. The molecule has 7 nitrogen and oxygen atoms in total. The number of hydrogen-bond acceptors (Lipinski definition) is 3. The molecule has 2 heterocycles. The molecule has 0 aliphatic rings. The van der Waals surface area contributed by atoms with Gasteiger partial charge >= 0.3 is 6.03 Å². The molecule has 0 atom stereocenters. The maximum absolute atomic E-state index is 12.3. The number of benzene rings is 2. The van der Waals surface area contributed by atoms with Gasteiger partial charge in [-0.1, -0.05) is 30.3 Å². The molecular formula is C21H22N6O. The van der Waals surface area contributed by atoms with E-state index in [0.717, 1.165) is 28.1 Å². The van der Waals surface area contributed by atoms with E-state index in [4.69, 9.17) is 0 Å². The molecule has 0 saturated heterocycles. The van der Waals surface area contributed by atoms with E-state index in [-0.39, 0.29) is 6.03 Å². The van der Waals surface area contributed by atoms with Crippen LogP contribution >= 0.6 is 0 Å². The molecule has 28 heavy (non-hydrogen) atoms. The minimum atomic E-state index is -0.122. The topological polar surface area (TPSA) is 78.8 Å². The number of carbonyl (C=O) groups is 1. The number of nitrogens with one attached hydrogen (secondary N) is 2. The Morgan fingerprint density at radius 2 is 1.93 bits per heavy atom. The Morgan fingerprint density at radius 3 is 2.75 bits per heavy atom. The average molecular weight is 374 g/mol. The van der Waals surface area contributed by atoms with Crippen LogP contribution in [0.5, 0.6) is 0 Å². The lowest BCUT2D eigenvalue weighted by atomic mass is 10.3. The number of aromatic nitrogens is 4. The second-order valence-corrected chi connectivity index (χ2v) is 6.67. The molecule has 2 amide bonds. The van der Waals surface area contributed by atoms with Crippen molar-refractivity contribution in [2.75, 3.05) is 13.6 Å². The van der Waals surface area contributed by atoms with E-state index in [1.54, 1.807) is 18.1 Å². The zero-order chi connectivity index (χ0) is 19.3. The molecule has 0 saturated carbocycles. The van der Waals surface area contributed by atoms with Crippen molar-refractivity contribution in [2.24, 2.45) is 0 Å². The fourth-order valence-corrected chi connectivity index (χ4v) is 3.06. The molecule has 4 aromatic rings. The number of fused-ring (bicyclic) bond motifs is 1. The summed E-state index contributed by atoms with van der Waals surface area (Å²) in [6.45, 7) is 1.01. The summed E-state index contributed by atoms with van der Waals surface area (Å²) >= 11 is 0. The minimum Gasteiger partial charge on any atom is -0.342 e. The van der Waals surface area contributed by atoms with Gasteiger partial charge in [0.25, 0.3) is 0 Å². The third kappa shape index (κ3) is 4.03. The van der Waals surface area contributed by atoms with Crippen molar-refractivity contribution in [3.05, 3.63) is 78.4 Å². The second-order valence-electron chi connectivity index (χ2n) is 6.67. The number of amides is 2. The fraction of sp³-hybridized carbons (Fsp3) is 0.190. The number of urea groups is 1. The van der Waals surface area contributed by atoms with Gasteiger partial charge in [-0.2, -0.15) is 5.10 Å².